The Morgan fingerprint density at radius 3 is 2.07 bits per heavy atom. The second-order valence-electron chi connectivity index (χ2n) is 3.20. The molecule has 1 saturated heterocycles. The SMILES string of the molecule is C1CCOC1.N[C@@H](CCC(=O)O)C(=O)O. The second-order valence-corrected chi connectivity index (χ2v) is 3.20. The van der Waals surface area contributed by atoms with Gasteiger partial charge in [-0.2, -0.15) is 0 Å². The van der Waals surface area contributed by atoms with Crippen LogP contribution < -0.4 is 5.73 Å². The van der Waals surface area contributed by atoms with Crippen LogP contribution in [0.3, 0.4) is 0 Å². The van der Waals surface area contributed by atoms with Crippen molar-refractivity contribution < 1.29 is 24.5 Å². The Bertz CT molecular complexity index is 195. The van der Waals surface area contributed by atoms with Crippen LogP contribution in [0, 0.1) is 0 Å². The first-order chi connectivity index (χ1) is 7.04. The normalized spacial score (nSPS) is 16.3. The number of aliphatic carboxylic acids is 2. The van der Waals surface area contributed by atoms with E-state index in [2.05, 4.69) is 0 Å². The summed E-state index contributed by atoms with van der Waals surface area (Å²) in [5, 5.41) is 16.3. The van der Waals surface area contributed by atoms with E-state index in [-0.39, 0.29) is 12.8 Å². The largest absolute Gasteiger partial charge is 0.481 e. The summed E-state index contributed by atoms with van der Waals surface area (Å²) in [7, 11) is 0. The lowest BCUT2D eigenvalue weighted by molar-refractivity contribution is -0.139. The monoisotopic (exact) mass is 219 g/mol. The summed E-state index contributed by atoms with van der Waals surface area (Å²) >= 11 is 0. The topological polar surface area (TPSA) is 110 Å². The highest BCUT2D eigenvalue weighted by Crippen LogP contribution is 1.98. The molecular weight excluding hydrogens is 202 g/mol. The van der Waals surface area contributed by atoms with E-state index in [0.29, 0.717) is 0 Å². The van der Waals surface area contributed by atoms with Crippen molar-refractivity contribution in [2.45, 2.75) is 31.7 Å². The molecule has 1 heterocycles. The van der Waals surface area contributed by atoms with Crippen LogP contribution in [0.15, 0.2) is 0 Å². The third-order valence-electron chi connectivity index (χ3n) is 1.81. The molecule has 4 N–H and O–H groups in total. The number of hydrogen-bond acceptors (Lipinski definition) is 4. The molecule has 1 atom stereocenters. The van der Waals surface area contributed by atoms with Crippen molar-refractivity contribution >= 4 is 11.9 Å². The van der Waals surface area contributed by atoms with Gasteiger partial charge in [-0.15, -0.1) is 0 Å². The van der Waals surface area contributed by atoms with E-state index in [4.69, 9.17) is 20.7 Å². The van der Waals surface area contributed by atoms with Gasteiger partial charge in [-0.05, 0) is 19.3 Å². The number of carboxylic acid groups (broad SMARTS) is 2. The number of rotatable bonds is 4. The minimum atomic E-state index is -1.17. The van der Waals surface area contributed by atoms with Crippen LogP contribution in [0.5, 0.6) is 0 Å². The molecule has 1 fully saturated rings. The second kappa shape index (κ2) is 8.19. The first kappa shape index (κ1) is 13.9. The molecular formula is C9H17NO5. The molecule has 0 amide bonds. The molecule has 15 heavy (non-hydrogen) atoms. The Balaban J connectivity index is 0.000000322. The van der Waals surface area contributed by atoms with Gasteiger partial charge in [-0.1, -0.05) is 0 Å². The summed E-state index contributed by atoms with van der Waals surface area (Å²) in [5.74, 6) is -2.20. The van der Waals surface area contributed by atoms with Gasteiger partial charge >= 0.3 is 11.9 Å². The van der Waals surface area contributed by atoms with Crippen molar-refractivity contribution in [3.05, 3.63) is 0 Å². The van der Waals surface area contributed by atoms with Crippen LogP contribution in [-0.2, 0) is 14.3 Å². The third kappa shape index (κ3) is 9.17. The van der Waals surface area contributed by atoms with Crippen molar-refractivity contribution in [3.63, 3.8) is 0 Å². The minimum Gasteiger partial charge on any atom is -0.481 e. The van der Waals surface area contributed by atoms with Gasteiger partial charge < -0.3 is 20.7 Å². The van der Waals surface area contributed by atoms with Crippen LogP contribution in [0.4, 0.5) is 0 Å². The summed E-state index contributed by atoms with van der Waals surface area (Å²) in [5.41, 5.74) is 5.00. The van der Waals surface area contributed by atoms with E-state index in [1.807, 2.05) is 0 Å². The molecule has 6 heteroatoms. The molecule has 0 saturated carbocycles. The van der Waals surface area contributed by atoms with E-state index in [1.54, 1.807) is 0 Å². The number of carbonyl (C=O) groups is 2. The maximum atomic E-state index is 9.99. The molecule has 0 aromatic carbocycles. The number of nitrogens with two attached hydrogens (primary N) is 1. The van der Waals surface area contributed by atoms with E-state index in [0.717, 1.165) is 13.2 Å². The van der Waals surface area contributed by atoms with Gasteiger partial charge in [0.2, 0.25) is 0 Å². The lowest BCUT2D eigenvalue weighted by Gasteiger charge is -2.01. The molecule has 1 aliphatic rings. The lowest BCUT2D eigenvalue weighted by Crippen LogP contribution is -2.30. The maximum absolute atomic E-state index is 9.99. The fourth-order valence-corrected chi connectivity index (χ4v) is 0.913. The predicted molar refractivity (Wildman–Crippen MR) is 52.5 cm³/mol. The zero-order valence-electron chi connectivity index (χ0n) is 8.52. The summed E-state index contributed by atoms with van der Waals surface area (Å²) in [6.07, 6.45) is 2.33. The molecule has 6 nitrogen and oxygen atoms in total. The lowest BCUT2D eigenvalue weighted by atomic mass is 10.2. The zero-order valence-corrected chi connectivity index (χ0v) is 8.52. The molecule has 0 aliphatic carbocycles. The predicted octanol–water partition coefficient (Wildman–Crippen LogP) is 0.0599. The average Bonchev–Trinajstić information content (AvgIpc) is 2.71. The molecule has 0 aromatic rings. The van der Waals surface area contributed by atoms with Crippen molar-refractivity contribution in [2.75, 3.05) is 13.2 Å². The van der Waals surface area contributed by atoms with Crippen LogP contribution in [0.25, 0.3) is 0 Å². The first-order valence-corrected chi connectivity index (χ1v) is 4.82. The molecule has 0 spiro atoms. The van der Waals surface area contributed by atoms with Crippen molar-refractivity contribution in [1.29, 1.82) is 0 Å². The van der Waals surface area contributed by atoms with E-state index >= 15 is 0 Å². The Labute approximate surface area is 88.0 Å². The highest BCUT2D eigenvalue weighted by molar-refractivity contribution is 5.74. The third-order valence-corrected chi connectivity index (χ3v) is 1.81. The van der Waals surface area contributed by atoms with Crippen LogP contribution in [-0.4, -0.2) is 41.4 Å². The van der Waals surface area contributed by atoms with Gasteiger partial charge in [-0.25, -0.2) is 0 Å². The van der Waals surface area contributed by atoms with Gasteiger partial charge in [-0.3, -0.25) is 9.59 Å². The van der Waals surface area contributed by atoms with Crippen LogP contribution in [0.1, 0.15) is 25.7 Å². The molecule has 0 aromatic heterocycles. The number of carboxylic acids is 2. The molecule has 0 radical (unpaired) electrons. The van der Waals surface area contributed by atoms with Gasteiger partial charge in [0.15, 0.2) is 0 Å². The smallest absolute Gasteiger partial charge is 0.320 e. The number of ether oxygens (including phenoxy) is 1. The van der Waals surface area contributed by atoms with E-state index < -0.39 is 18.0 Å². The summed E-state index contributed by atoms with van der Waals surface area (Å²) in [6.45, 7) is 2.00. The molecule has 88 valence electrons. The highest BCUT2D eigenvalue weighted by atomic mass is 16.5. The van der Waals surface area contributed by atoms with Crippen molar-refractivity contribution in [1.82, 2.24) is 0 Å². The standard InChI is InChI=1S/C5H9NO4.C4H8O/c6-3(5(9)10)1-2-4(7)8;1-2-4-5-3-1/h3H,1-2,6H2,(H,7,8)(H,9,10);1-4H2/t3-;/m0./s1. The quantitative estimate of drug-likeness (QED) is 0.616. The van der Waals surface area contributed by atoms with Crippen molar-refractivity contribution in [3.8, 4) is 0 Å². The van der Waals surface area contributed by atoms with Gasteiger partial charge in [0.05, 0.1) is 0 Å². The van der Waals surface area contributed by atoms with Crippen molar-refractivity contribution in [2.24, 2.45) is 5.73 Å². The first-order valence-electron chi connectivity index (χ1n) is 4.82. The Morgan fingerprint density at radius 1 is 1.27 bits per heavy atom. The van der Waals surface area contributed by atoms with E-state index in [9.17, 15) is 9.59 Å². The summed E-state index contributed by atoms with van der Waals surface area (Å²) in [6, 6.07) is -1.06. The zero-order chi connectivity index (χ0) is 11.7. The molecule has 1 rings (SSSR count). The minimum absolute atomic E-state index is 0.0231. The molecule has 1 aliphatic heterocycles. The molecule has 0 bridgehead atoms. The maximum Gasteiger partial charge on any atom is 0.320 e. The van der Waals surface area contributed by atoms with E-state index in [1.165, 1.54) is 12.8 Å². The fraction of sp³-hybridized carbons (Fsp3) is 0.778. The summed E-state index contributed by atoms with van der Waals surface area (Å²) < 4.78 is 4.94. The van der Waals surface area contributed by atoms with Gasteiger partial charge in [0.25, 0.3) is 0 Å². The average molecular weight is 219 g/mol. The van der Waals surface area contributed by atoms with Crippen LogP contribution >= 0.6 is 0 Å². The number of hydrogen-bond donors (Lipinski definition) is 3. The summed E-state index contributed by atoms with van der Waals surface area (Å²) in [4.78, 5) is 19.9. The highest BCUT2D eigenvalue weighted by Gasteiger charge is 2.12. The Morgan fingerprint density at radius 2 is 1.80 bits per heavy atom. The Kier molecular flexibility index (Phi) is 7.57. The fourth-order valence-electron chi connectivity index (χ4n) is 0.913. The molecule has 0 unspecified atom stereocenters. The van der Waals surface area contributed by atoms with Gasteiger partial charge in [0, 0.05) is 19.6 Å². The van der Waals surface area contributed by atoms with Gasteiger partial charge in [0.1, 0.15) is 6.04 Å². The van der Waals surface area contributed by atoms with Crippen LogP contribution in [0.2, 0.25) is 0 Å². The Hall–Kier alpha value is -1.14.